The molecule has 1 saturated heterocycles. The number of amides is 5. The number of carbonyl (C=O) groups excluding carboxylic acids is 4. The monoisotopic (exact) mass is 681 g/mol. The molecule has 1 saturated carbocycles. The minimum absolute atomic E-state index is 0.0335. The number of unbranched alkanes of at least 4 members (excludes halogenated alkanes) is 4. The van der Waals surface area contributed by atoms with Crippen LogP contribution in [0.3, 0.4) is 0 Å². The lowest BCUT2D eigenvalue weighted by atomic mass is 10.0. The van der Waals surface area contributed by atoms with Crippen molar-refractivity contribution in [2.45, 2.75) is 115 Å². The smallest absolute Gasteiger partial charge is 0.410 e. The maximum atomic E-state index is 13.8. The van der Waals surface area contributed by atoms with Crippen molar-refractivity contribution in [3.8, 4) is 0 Å². The van der Waals surface area contributed by atoms with E-state index in [-0.39, 0.29) is 37.9 Å². The van der Waals surface area contributed by atoms with Crippen LogP contribution in [0, 0.1) is 11.8 Å². The Hall–Kier alpha value is -3.25. The zero-order chi connectivity index (χ0) is 33.8. The number of aliphatic carboxylic acids is 1. The van der Waals surface area contributed by atoms with Gasteiger partial charge in [0.15, 0.2) is 0 Å². The van der Waals surface area contributed by atoms with E-state index < -0.39 is 53.6 Å². The summed E-state index contributed by atoms with van der Waals surface area (Å²) in [6.07, 6.45) is 5.05. The van der Waals surface area contributed by atoms with Gasteiger partial charge in [0.1, 0.15) is 18.2 Å². The molecule has 0 radical (unpaired) electrons. The van der Waals surface area contributed by atoms with Gasteiger partial charge in [0.05, 0.1) is 22.5 Å². The lowest BCUT2D eigenvalue weighted by Gasteiger charge is -2.29. The van der Waals surface area contributed by atoms with Crippen molar-refractivity contribution in [1.29, 1.82) is 0 Å². The first kappa shape index (κ1) is 35.6. The van der Waals surface area contributed by atoms with Gasteiger partial charge in [-0.1, -0.05) is 55.3 Å². The molecule has 5 amide bonds. The molecule has 14 heteroatoms. The van der Waals surface area contributed by atoms with Gasteiger partial charge in [-0.3, -0.25) is 19.3 Å². The predicted octanol–water partition coefficient (Wildman–Crippen LogP) is 4.82. The first-order chi connectivity index (χ1) is 21.6. The van der Waals surface area contributed by atoms with Gasteiger partial charge in [0.2, 0.25) is 11.8 Å². The second-order valence-electron chi connectivity index (χ2n) is 13.7. The van der Waals surface area contributed by atoms with Gasteiger partial charge in [-0.25, -0.2) is 9.59 Å². The molecule has 46 heavy (non-hydrogen) atoms. The lowest BCUT2D eigenvalue weighted by Crippen LogP contribution is -2.56. The van der Waals surface area contributed by atoms with Crippen molar-refractivity contribution < 1.29 is 33.8 Å². The molecule has 1 aromatic rings. The predicted molar refractivity (Wildman–Crippen MR) is 172 cm³/mol. The maximum absolute atomic E-state index is 13.8. The van der Waals surface area contributed by atoms with Crippen LogP contribution in [0.4, 0.5) is 9.59 Å². The average Bonchev–Trinajstić information content (AvgIpc) is 3.43. The fourth-order valence-electron chi connectivity index (χ4n) is 6.28. The van der Waals surface area contributed by atoms with Crippen LogP contribution in [0.1, 0.15) is 89.7 Å². The first-order valence-electron chi connectivity index (χ1n) is 16.0. The van der Waals surface area contributed by atoms with Crippen molar-refractivity contribution in [3.05, 3.63) is 33.3 Å². The summed E-state index contributed by atoms with van der Waals surface area (Å²) in [5.74, 6) is -1.79. The number of benzene rings is 1. The number of nitrogens with two attached hydrogens (primary N) is 1. The Kier molecular flexibility index (Phi) is 11.7. The lowest BCUT2D eigenvalue weighted by molar-refractivity contribution is -0.139. The number of carbonyl (C=O) groups is 5. The summed E-state index contributed by atoms with van der Waals surface area (Å²) >= 11 is 12.3. The summed E-state index contributed by atoms with van der Waals surface area (Å²) in [6.45, 7) is 6.03. The van der Waals surface area contributed by atoms with E-state index in [1.807, 2.05) is 20.8 Å². The van der Waals surface area contributed by atoms with E-state index in [4.69, 9.17) is 38.8 Å². The van der Waals surface area contributed by atoms with Crippen molar-refractivity contribution in [3.63, 3.8) is 0 Å². The minimum Gasteiger partial charge on any atom is -0.481 e. The fourth-order valence-corrected chi connectivity index (χ4v) is 6.65. The van der Waals surface area contributed by atoms with E-state index in [1.54, 1.807) is 12.1 Å². The number of primary amides is 1. The summed E-state index contributed by atoms with van der Waals surface area (Å²) in [7, 11) is 0. The van der Waals surface area contributed by atoms with Gasteiger partial charge in [-0.05, 0) is 69.2 Å². The molecule has 1 aliphatic carbocycles. The normalized spacial score (nSPS) is 22.6. The highest BCUT2D eigenvalue weighted by atomic mass is 35.5. The van der Waals surface area contributed by atoms with E-state index in [0.29, 0.717) is 22.9 Å². The molecule has 0 spiro atoms. The van der Waals surface area contributed by atoms with Crippen molar-refractivity contribution >= 4 is 53.1 Å². The number of urea groups is 1. The molecule has 2 aliphatic heterocycles. The highest BCUT2D eigenvalue weighted by molar-refractivity contribution is 6.42. The number of ether oxygens (including phenoxy) is 1. The van der Waals surface area contributed by atoms with Crippen molar-refractivity contribution in [2.75, 3.05) is 6.54 Å². The Labute approximate surface area is 279 Å². The van der Waals surface area contributed by atoms with Gasteiger partial charge in [0.25, 0.3) is 0 Å². The molecule has 2 fully saturated rings. The quantitative estimate of drug-likeness (QED) is 0.216. The van der Waals surface area contributed by atoms with E-state index in [1.165, 1.54) is 9.80 Å². The molecule has 2 heterocycles. The number of hydrogen-bond acceptors (Lipinski definition) is 6. The Morgan fingerprint density at radius 1 is 1.00 bits per heavy atom. The summed E-state index contributed by atoms with van der Waals surface area (Å²) in [6, 6.07) is 1.03. The molecular formula is C32H45Cl2N5O7. The first-order valence-corrected chi connectivity index (χ1v) is 16.7. The van der Waals surface area contributed by atoms with Crippen LogP contribution in [0.2, 0.25) is 10.0 Å². The molecule has 254 valence electrons. The van der Waals surface area contributed by atoms with Gasteiger partial charge in [0, 0.05) is 25.0 Å². The number of carboxylic acid groups (broad SMARTS) is 1. The zero-order valence-corrected chi connectivity index (χ0v) is 28.2. The standard InChI is InChI=1S/C32H45Cl2N5O7/c1-32(2,3)37-30(44)36-25(10-8-6-4-5-7-9-18-11-22(18)29(42)43)28(41)39-17-21(14-26(39)27(35)40)46-31(45)38-15-19-12-23(33)24(34)13-20(19)16-38/h12-13,18,21-22,25-26H,4-11,14-17H2,1-3H3,(H2,35,40)(H,42,43)(H2,36,37,44)/t18-,21-,22+,25+,26+/m1/s1. The van der Waals surface area contributed by atoms with Gasteiger partial charge >= 0.3 is 18.1 Å². The molecule has 0 unspecified atom stereocenters. The molecular weight excluding hydrogens is 637 g/mol. The maximum Gasteiger partial charge on any atom is 0.410 e. The van der Waals surface area contributed by atoms with Crippen molar-refractivity contribution in [2.24, 2.45) is 17.6 Å². The number of likely N-dealkylation sites (tertiary alicyclic amines) is 1. The molecule has 0 aromatic heterocycles. The average molecular weight is 683 g/mol. The van der Waals surface area contributed by atoms with E-state index in [0.717, 1.165) is 49.7 Å². The summed E-state index contributed by atoms with van der Waals surface area (Å²) in [5.41, 5.74) is 6.88. The third kappa shape index (κ3) is 9.63. The van der Waals surface area contributed by atoms with E-state index in [2.05, 4.69) is 10.6 Å². The summed E-state index contributed by atoms with van der Waals surface area (Å²) in [4.78, 5) is 66.0. The molecule has 4 rings (SSSR count). The highest BCUT2D eigenvalue weighted by Gasteiger charge is 2.44. The number of halogens is 2. The Balaban J connectivity index is 1.32. The molecule has 0 bridgehead atoms. The molecule has 3 aliphatic rings. The highest BCUT2D eigenvalue weighted by Crippen LogP contribution is 2.42. The van der Waals surface area contributed by atoms with Gasteiger partial charge in [-0.2, -0.15) is 0 Å². The molecule has 5 atom stereocenters. The second kappa shape index (κ2) is 15.1. The van der Waals surface area contributed by atoms with Crippen LogP contribution >= 0.6 is 23.2 Å². The van der Waals surface area contributed by atoms with Gasteiger partial charge in [-0.15, -0.1) is 0 Å². The number of hydrogen-bond donors (Lipinski definition) is 4. The SMILES string of the molecule is CC(C)(C)NC(=O)N[C@@H](CCCCCCC[C@@H]1C[C@@H]1C(=O)O)C(=O)N1C[C@H](OC(=O)N2Cc3cc(Cl)c(Cl)cc3C2)C[C@H]1C(N)=O. The molecule has 12 nitrogen and oxygen atoms in total. The molecule has 5 N–H and O–H groups in total. The van der Waals surface area contributed by atoms with Gasteiger partial charge < -0.3 is 31.1 Å². The Morgan fingerprint density at radius 2 is 1.61 bits per heavy atom. The number of nitrogens with one attached hydrogen (secondary N) is 2. The number of carboxylic acids is 1. The largest absolute Gasteiger partial charge is 0.481 e. The summed E-state index contributed by atoms with van der Waals surface area (Å²) < 4.78 is 5.74. The Bertz CT molecular complexity index is 1310. The molecule has 1 aromatic carbocycles. The third-order valence-electron chi connectivity index (χ3n) is 8.76. The van der Waals surface area contributed by atoms with E-state index in [9.17, 15) is 24.0 Å². The number of nitrogens with zero attached hydrogens (tertiary/aromatic N) is 2. The van der Waals surface area contributed by atoms with Crippen LogP contribution in [0.15, 0.2) is 12.1 Å². The van der Waals surface area contributed by atoms with Crippen LogP contribution in [-0.2, 0) is 32.2 Å². The van der Waals surface area contributed by atoms with Crippen LogP contribution in [-0.4, -0.2) is 75.1 Å². The Morgan fingerprint density at radius 3 is 2.17 bits per heavy atom. The second-order valence-corrected chi connectivity index (χ2v) is 14.5. The van der Waals surface area contributed by atoms with E-state index >= 15 is 0 Å². The van der Waals surface area contributed by atoms with Crippen LogP contribution in [0.5, 0.6) is 0 Å². The number of fused-ring (bicyclic) bond motifs is 1. The van der Waals surface area contributed by atoms with Crippen LogP contribution in [0.25, 0.3) is 0 Å². The number of rotatable bonds is 13. The zero-order valence-electron chi connectivity index (χ0n) is 26.7. The minimum atomic E-state index is -0.995. The van der Waals surface area contributed by atoms with Crippen molar-refractivity contribution in [1.82, 2.24) is 20.4 Å². The topological polar surface area (TPSA) is 171 Å². The third-order valence-corrected chi connectivity index (χ3v) is 9.49. The van der Waals surface area contributed by atoms with Crippen LogP contribution < -0.4 is 16.4 Å². The fraction of sp³-hybridized carbons (Fsp3) is 0.656. The summed E-state index contributed by atoms with van der Waals surface area (Å²) in [5, 5.41) is 15.5.